The number of nitrogens with two attached hydrogens (primary N) is 1. The Morgan fingerprint density at radius 2 is 1.82 bits per heavy atom. The SMILES string of the molecule is CC(CC(=O)c1cc(C(N)=O)ncn1)c1ncc(C(=O)Nc2cc(C(F)(F)F)c(Cl)cn2)s1. The first-order valence-electron chi connectivity index (χ1n) is 9.10. The van der Waals surface area contributed by atoms with E-state index in [4.69, 9.17) is 17.3 Å². The Morgan fingerprint density at radius 3 is 2.48 bits per heavy atom. The first-order chi connectivity index (χ1) is 15.5. The highest BCUT2D eigenvalue weighted by atomic mass is 35.5. The molecule has 0 spiro atoms. The number of hydrogen-bond donors (Lipinski definition) is 2. The van der Waals surface area contributed by atoms with Gasteiger partial charge >= 0.3 is 6.18 Å². The van der Waals surface area contributed by atoms with Gasteiger partial charge in [0.1, 0.15) is 28.4 Å². The predicted octanol–water partition coefficient (Wildman–Crippen LogP) is 3.73. The van der Waals surface area contributed by atoms with E-state index in [1.54, 1.807) is 6.92 Å². The number of primary amides is 1. The summed E-state index contributed by atoms with van der Waals surface area (Å²) in [5, 5.41) is 2.12. The summed E-state index contributed by atoms with van der Waals surface area (Å²) in [6.45, 7) is 1.70. The first kappa shape index (κ1) is 24.2. The van der Waals surface area contributed by atoms with Crippen LogP contribution in [0.2, 0.25) is 5.02 Å². The lowest BCUT2D eigenvalue weighted by Crippen LogP contribution is -2.15. The van der Waals surface area contributed by atoms with Crippen LogP contribution >= 0.6 is 22.9 Å². The summed E-state index contributed by atoms with van der Waals surface area (Å²) in [5.41, 5.74) is 3.93. The molecule has 3 aromatic heterocycles. The number of aromatic nitrogens is 4. The summed E-state index contributed by atoms with van der Waals surface area (Å²) in [5.74, 6) is -2.65. The van der Waals surface area contributed by atoms with E-state index < -0.39 is 40.3 Å². The number of rotatable bonds is 7. The highest BCUT2D eigenvalue weighted by Gasteiger charge is 2.34. The van der Waals surface area contributed by atoms with Crippen molar-refractivity contribution in [2.24, 2.45) is 5.73 Å². The van der Waals surface area contributed by atoms with E-state index in [0.717, 1.165) is 23.9 Å². The van der Waals surface area contributed by atoms with E-state index in [1.165, 1.54) is 12.3 Å². The first-order valence-corrected chi connectivity index (χ1v) is 10.3. The molecule has 1 atom stereocenters. The molecule has 0 aliphatic rings. The van der Waals surface area contributed by atoms with Crippen LogP contribution in [0.3, 0.4) is 0 Å². The minimum atomic E-state index is -4.71. The molecule has 0 bridgehead atoms. The van der Waals surface area contributed by atoms with Gasteiger partial charge in [-0.3, -0.25) is 14.4 Å². The van der Waals surface area contributed by atoms with Gasteiger partial charge in [0.2, 0.25) is 0 Å². The number of carbonyl (C=O) groups excluding carboxylic acids is 3. The van der Waals surface area contributed by atoms with Crippen LogP contribution in [-0.4, -0.2) is 37.5 Å². The van der Waals surface area contributed by atoms with Gasteiger partial charge in [-0.1, -0.05) is 18.5 Å². The molecule has 3 heterocycles. The number of amides is 2. The van der Waals surface area contributed by atoms with Gasteiger partial charge in [0.15, 0.2) is 5.78 Å². The van der Waals surface area contributed by atoms with Crippen molar-refractivity contribution in [1.82, 2.24) is 19.9 Å². The zero-order valence-electron chi connectivity index (χ0n) is 16.7. The predicted molar refractivity (Wildman–Crippen MR) is 112 cm³/mol. The summed E-state index contributed by atoms with van der Waals surface area (Å²) in [6, 6.07) is 1.82. The third kappa shape index (κ3) is 5.87. The molecule has 3 aromatic rings. The number of pyridine rings is 1. The molecule has 33 heavy (non-hydrogen) atoms. The maximum absolute atomic E-state index is 13.0. The smallest absolute Gasteiger partial charge is 0.364 e. The standard InChI is InChI=1S/C19H14ClF3N6O3S/c1-8(2-13(30)11-4-12(16(24)31)28-7-27-11)18-26-6-14(33-18)17(32)29-15-3-9(19(21,22)23)10(20)5-25-15/h3-8H,2H2,1H3,(H2,24,31)(H,25,29,32). The topological polar surface area (TPSA) is 141 Å². The minimum Gasteiger partial charge on any atom is -0.364 e. The van der Waals surface area contributed by atoms with Crippen molar-refractivity contribution in [3.8, 4) is 0 Å². The summed E-state index contributed by atoms with van der Waals surface area (Å²) in [6.07, 6.45) is -1.65. The maximum atomic E-state index is 13.0. The van der Waals surface area contributed by atoms with Crippen molar-refractivity contribution in [3.63, 3.8) is 0 Å². The second-order valence-electron chi connectivity index (χ2n) is 6.75. The van der Waals surface area contributed by atoms with Gasteiger partial charge in [-0.2, -0.15) is 13.2 Å². The normalized spacial score (nSPS) is 12.3. The number of thiazole rings is 1. The zero-order valence-corrected chi connectivity index (χ0v) is 18.3. The Labute approximate surface area is 193 Å². The van der Waals surface area contributed by atoms with Gasteiger partial charge < -0.3 is 11.1 Å². The number of ketones is 1. The van der Waals surface area contributed by atoms with E-state index in [0.29, 0.717) is 11.1 Å². The molecular weight excluding hydrogens is 485 g/mol. The Hall–Kier alpha value is -3.45. The number of nitrogens with one attached hydrogen (secondary N) is 1. The molecule has 0 aromatic carbocycles. The summed E-state index contributed by atoms with van der Waals surface area (Å²) >= 11 is 6.49. The van der Waals surface area contributed by atoms with E-state index in [-0.39, 0.29) is 28.5 Å². The Morgan fingerprint density at radius 1 is 1.12 bits per heavy atom. The Kier molecular flexibility index (Phi) is 7.03. The van der Waals surface area contributed by atoms with Crippen molar-refractivity contribution >= 4 is 46.4 Å². The number of halogens is 4. The van der Waals surface area contributed by atoms with Gasteiger partial charge in [-0.05, 0) is 12.1 Å². The summed E-state index contributed by atoms with van der Waals surface area (Å²) < 4.78 is 38.9. The van der Waals surface area contributed by atoms with E-state index in [9.17, 15) is 27.6 Å². The lowest BCUT2D eigenvalue weighted by atomic mass is 10.0. The maximum Gasteiger partial charge on any atom is 0.418 e. The van der Waals surface area contributed by atoms with Crippen molar-refractivity contribution < 1.29 is 27.6 Å². The second kappa shape index (κ2) is 9.58. The van der Waals surface area contributed by atoms with Gasteiger partial charge in [-0.25, -0.2) is 19.9 Å². The number of Topliss-reactive ketones (excluding diaryl/α,β-unsaturated/α-hetero) is 1. The number of nitrogens with zero attached hydrogens (tertiary/aromatic N) is 4. The largest absolute Gasteiger partial charge is 0.418 e. The highest BCUT2D eigenvalue weighted by molar-refractivity contribution is 7.13. The van der Waals surface area contributed by atoms with Crippen LogP contribution in [0.1, 0.15) is 60.5 Å². The third-order valence-electron chi connectivity index (χ3n) is 4.27. The van der Waals surface area contributed by atoms with Gasteiger partial charge in [0.25, 0.3) is 11.8 Å². The molecule has 0 radical (unpaired) electrons. The summed E-state index contributed by atoms with van der Waals surface area (Å²) in [4.78, 5) is 51.5. The van der Waals surface area contributed by atoms with Crippen LogP contribution in [0.15, 0.2) is 30.9 Å². The van der Waals surface area contributed by atoms with Gasteiger partial charge in [-0.15, -0.1) is 11.3 Å². The average molecular weight is 499 g/mol. The van der Waals surface area contributed by atoms with Crippen molar-refractivity contribution in [2.45, 2.75) is 25.4 Å². The molecule has 0 aliphatic heterocycles. The van der Waals surface area contributed by atoms with Crippen LogP contribution in [0.5, 0.6) is 0 Å². The molecule has 3 N–H and O–H groups in total. The minimum absolute atomic E-state index is 0.00875. The fourth-order valence-corrected chi connectivity index (χ4v) is 3.71. The molecule has 9 nitrogen and oxygen atoms in total. The lowest BCUT2D eigenvalue weighted by Gasteiger charge is -2.10. The van der Waals surface area contributed by atoms with Crippen LogP contribution in [0.4, 0.5) is 19.0 Å². The molecular formula is C19H14ClF3N6O3S. The molecule has 14 heteroatoms. The van der Waals surface area contributed by atoms with Crippen LogP contribution in [0, 0.1) is 0 Å². The number of hydrogen-bond acceptors (Lipinski definition) is 8. The highest BCUT2D eigenvalue weighted by Crippen LogP contribution is 2.35. The van der Waals surface area contributed by atoms with Crippen LogP contribution in [0.25, 0.3) is 0 Å². The molecule has 1 unspecified atom stereocenters. The average Bonchev–Trinajstić information content (AvgIpc) is 3.25. The Bertz CT molecular complexity index is 1230. The monoisotopic (exact) mass is 498 g/mol. The van der Waals surface area contributed by atoms with E-state index in [1.807, 2.05) is 0 Å². The van der Waals surface area contributed by atoms with Gasteiger partial charge in [0.05, 0.1) is 21.8 Å². The summed E-state index contributed by atoms with van der Waals surface area (Å²) in [7, 11) is 0. The molecule has 0 fully saturated rings. The number of anilines is 1. The fourth-order valence-electron chi connectivity index (χ4n) is 2.64. The van der Waals surface area contributed by atoms with E-state index >= 15 is 0 Å². The van der Waals surface area contributed by atoms with Crippen molar-refractivity contribution in [1.29, 1.82) is 0 Å². The van der Waals surface area contributed by atoms with Gasteiger partial charge in [0, 0.05) is 18.5 Å². The molecule has 172 valence electrons. The fraction of sp³-hybridized carbons (Fsp3) is 0.211. The molecule has 0 aliphatic carbocycles. The number of carbonyl (C=O) groups is 3. The lowest BCUT2D eigenvalue weighted by molar-refractivity contribution is -0.137. The third-order valence-corrected chi connectivity index (χ3v) is 5.80. The zero-order chi connectivity index (χ0) is 24.3. The van der Waals surface area contributed by atoms with E-state index in [2.05, 4.69) is 25.3 Å². The van der Waals surface area contributed by atoms with Crippen LogP contribution in [-0.2, 0) is 6.18 Å². The molecule has 0 saturated heterocycles. The molecule has 3 rings (SSSR count). The quantitative estimate of drug-likeness (QED) is 0.473. The molecule has 2 amide bonds. The van der Waals surface area contributed by atoms with Crippen molar-refractivity contribution in [2.75, 3.05) is 5.32 Å². The molecule has 0 saturated carbocycles. The Balaban J connectivity index is 1.69. The van der Waals surface area contributed by atoms with Crippen LogP contribution < -0.4 is 11.1 Å². The second-order valence-corrected chi connectivity index (χ2v) is 8.21. The van der Waals surface area contributed by atoms with Crippen molar-refractivity contribution in [3.05, 3.63) is 62.7 Å². The number of alkyl halides is 3.